The van der Waals surface area contributed by atoms with Crippen LogP contribution in [0.25, 0.3) is 0 Å². The lowest BCUT2D eigenvalue weighted by atomic mass is 10.4. The van der Waals surface area contributed by atoms with Crippen LogP contribution in [0.3, 0.4) is 0 Å². The number of rotatable bonds is 6. The Labute approximate surface area is 85.9 Å². The number of nitrogens with zero attached hydrogens (tertiary/aromatic N) is 1. The lowest BCUT2D eigenvalue weighted by Crippen LogP contribution is -2.26. The Morgan fingerprint density at radius 3 is 2.93 bits per heavy atom. The molecule has 3 heteroatoms. The molecule has 14 heavy (non-hydrogen) atoms. The average Bonchev–Trinajstić information content (AvgIpc) is 2.91. The van der Waals surface area contributed by atoms with Gasteiger partial charge in [-0.3, -0.25) is 5.41 Å². The Hall–Kier alpha value is -0.570. The van der Waals surface area contributed by atoms with E-state index < -0.39 is 0 Å². The highest BCUT2D eigenvalue weighted by Crippen LogP contribution is 2.28. The van der Waals surface area contributed by atoms with E-state index in [-0.39, 0.29) is 0 Å². The van der Waals surface area contributed by atoms with Crippen molar-refractivity contribution in [2.24, 2.45) is 5.92 Å². The minimum Gasteiger partial charge on any atom is -0.381 e. The molecule has 0 radical (unpaired) electrons. The lowest BCUT2D eigenvalue weighted by molar-refractivity contribution is 0.118. The van der Waals surface area contributed by atoms with Gasteiger partial charge < -0.3 is 9.64 Å². The van der Waals surface area contributed by atoms with Gasteiger partial charge in [-0.05, 0) is 31.6 Å². The Balaban J connectivity index is 1.47. The molecule has 1 heterocycles. The van der Waals surface area contributed by atoms with Crippen LogP contribution in [0, 0.1) is 11.3 Å². The van der Waals surface area contributed by atoms with Gasteiger partial charge in [-0.25, -0.2) is 0 Å². The number of nitrogens with one attached hydrogen (secondary N) is 1. The van der Waals surface area contributed by atoms with Crippen LogP contribution in [0.15, 0.2) is 0 Å². The smallest absolute Gasteiger partial charge is 0.0958 e. The van der Waals surface area contributed by atoms with E-state index in [0.29, 0.717) is 0 Å². The minimum absolute atomic E-state index is 0.826. The summed E-state index contributed by atoms with van der Waals surface area (Å²) < 4.78 is 5.56. The summed E-state index contributed by atoms with van der Waals surface area (Å²) >= 11 is 0. The van der Waals surface area contributed by atoms with Crippen LogP contribution in [0.1, 0.15) is 32.1 Å². The fourth-order valence-corrected chi connectivity index (χ4v) is 1.87. The molecule has 0 aromatic carbocycles. The minimum atomic E-state index is 0.826. The Morgan fingerprint density at radius 1 is 1.43 bits per heavy atom. The first-order valence-corrected chi connectivity index (χ1v) is 5.76. The molecule has 3 nitrogen and oxygen atoms in total. The van der Waals surface area contributed by atoms with Gasteiger partial charge in [0.25, 0.3) is 0 Å². The quantitative estimate of drug-likeness (QED) is 0.658. The summed E-state index contributed by atoms with van der Waals surface area (Å²) in [5, 5.41) is 7.65. The van der Waals surface area contributed by atoms with Crippen LogP contribution in [0.4, 0.5) is 0 Å². The van der Waals surface area contributed by atoms with Crippen molar-refractivity contribution in [2.45, 2.75) is 32.1 Å². The van der Waals surface area contributed by atoms with E-state index in [1.165, 1.54) is 19.3 Å². The van der Waals surface area contributed by atoms with Crippen LogP contribution >= 0.6 is 0 Å². The highest BCUT2D eigenvalue weighted by molar-refractivity contribution is 5.80. The van der Waals surface area contributed by atoms with Gasteiger partial charge >= 0.3 is 0 Å². The van der Waals surface area contributed by atoms with Crippen molar-refractivity contribution in [3.05, 3.63) is 0 Å². The summed E-state index contributed by atoms with van der Waals surface area (Å²) in [6, 6.07) is 0. The van der Waals surface area contributed by atoms with E-state index in [2.05, 4.69) is 4.90 Å². The van der Waals surface area contributed by atoms with Crippen LogP contribution in [-0.2, 0) is 4.74 Å². The van der Waals surface area contributed by atoms with Gasteiger partial charge in [-0.1, -0.05) is 0 Å². The number of ether oxygens (including phenoxy) is 1. The molecule has 1 saturated heterocycles. The lowest BCUT2D eigenvalue weighted by Gasteiger charge is -2.17. The molecule has 0 unspecified atom stereocenters. The summed E-state index contributed by atoms with van der Waals surface area (Å²) in [6.45, 7) is 3.95. The zero-order chi connectivity index (χ0) is 9.80. The second kappa shape index (κ2) is 4.78. The Bertz CT molecular complexity index is 201. The van der Waals surface area contributed by atoms with Gasteiger partial charge in [-0.15, -0.1) is 0 Å². The van der Waals surface area contributed by atoms with E-state index in [4.69, 9.17) is 10.1 Å². The maximum atomic E-state index is 7.65. The predicted molar refractivity (Wildman–Crippen MR) is 56.7 cm³/mol. The summed E-state index contributed by atoms with van der Waals surface area (Å²) in [5.41, 5.74) is 0. The van der Waals surface area contributed by atoms with E-state index in [1.54, 1.807) is 0 Å². The largest absolute Gasteiger partial charge is 0.381 e. The molecule has 1 aliphatic heterocycles. The Kier molecular flexibility index (Phi) is 3.40. The van der Waals surface area contributed by atoms with Crippen LogP contribution in [0.5, 0.6) is 0 Å². The summed E-state index contributed by atoms with van der Waals surface area (Å²) in [6.07, 6.45) is 5.97. The molecule has 2 rings (SSSR count). The van der Waals surface area contributed by atoms with Crippen molar-refractivity contribution >= 4 is 5.84 Å². The molecule has 80 valence electrons. The second-order valence-electron chi connectivity index (χ2n) is 4.41. The first-order valence-electron chi connectivity index (χ1n) is 5.76. The third-order valence-corrected chi connectivity index (χ3v) is 2.99. The second-order valence-corrected chi connectivity index (χ2v) is 4.41. The normalized spacial score (nSPS) is 22.0. The zero-order valence-corrected chi connectivity index (χ0v) is 8.80. The zero-order valence-electron chi connectivity index (χ0n) is 8.80. The molecule has 1 aliphatic carbocycles. The first-order chi connectivity index (χ1) is 6.86. The molecule has 2 fully saturated rings. The molecule has 1 N–H and O–H groups in total. The summed E-state index contributed by atoms with van der Waals surface area (Å²) in [4.78, 5) is 2.18. The highest BCUT2D eigenvalue weighted by Gasteiger charge is 2.21. The first kappa shape index (κ1) is 9.97. The topological polar surface area (TPSA) is 36.3 Å². The monoisotopic (exact) mass is 196 g/mol. The number of likely N-dealkylation sites (tertiary alicyclic amines) is 1. The van der Waals surface area contributed by atoms with E-state index in [9.17, 15) is 0 Å². The maximum absolute atomic E-state index is 7.65. The van der Waals surface area contributed by atoms with Crippen molar-refractivity contribution in [3.8, 4) is 0 Å². The molecule has 1 saturated carbocycles. The van der Waals surface area contributed by atoms with Gasteiger partial charge in [0.05, 0.1) is 5.84 Å². The van der Waals surface area contributed by atoms with Crippen molar-refractivity contribution in [2.75, 3.05) is 26.3 Å². The SMILES string of the molecule is N=C1CCCN1CCCOCC1CC1. The van der Waals surface area contributed by atoms with Crippen molar-refractivity contribution in [1.82, 2.24) is 4.90 Å². The summed E-state index contributed by atoms with van der Waals surface area (Å²) in [5.74, 6) is 1.70. The molecular formula is C11H20N2O. The molecule has 0 amide bonds. The molecule has 0 atom stereocenters. The third-order valence-electron chi connectivity index (χ3n) is 2.99. The van der Waals surface area contributed by atoms with Crippen molar-refractivity contribution in [3.63, 3.8) is 0 Å². The maximum Gasteiger partial charge on any atom is 0.0958 e. The number of amidine groups is 1. The predicted octanol–water partition coefficient (Wildman–Crippen LogP) is 1.88. The standard InChI is InChI=1S/C11H20N2O/c12-11-3-1-6-13(11)7-2-8-14-9-10-4-5-10/h10,12H,1-9H2. The van der Waals surface area contributed by atoms with Gasteiger partial charge in [0.15, 0.2) is 0 Å². The number of hydrogen-bond donors (Lipinski definition) is 1. The fourth-order valence-electron chi connectivity index (χ4n) is 1.87. The molecule has 0 aromatic rings. The van der Waals surface area contributed by atoms with Crippen LogP contribution in [-0.4, -0.2) is 37.0 Å². The fraction of sp³-hybridized carbons (Fsp3) is 0.909. The van der Waals surface area contributed by atoms with E-state index in [0.717, 1.165) is 50.9 Å². The summed E-state index contributed by atoms with van der Waals surface area (Å²) in [7, 11) is 0. The van der Waals surface area contributed by atoms with Gasteiger partial charge in [0.1, 0.15) is 0 Å². The van der Waals surface area contributed by atoms with E-state index in [1.807, 2.05) is 0 Å². The van der Waals surface area contributed by atoms with Crippen molar-refractivity contribution in [1.29, 1.82) is 5.41 Å². The van der Waals surface area contributed by atoms with Gasteiger partial charge in [0.2, 0.25) is 0 Å². The van der Waals surface area contributed by atoms with Crippen LogP contribution in [0.2, 0.25) is 0 Å². The van der Waals surface area contributed by atoms with E-state index >= 15 is 0 Å². The Morgan fingerprint density at radius 2 is 2.29 bits per heavy atom. The molecular weight excluding hydrogens is 176 g/mol. The van der Waals surface area contributed by atoms with Gasteiger partial charge in [0, 0.05) is 32.7 Å². The third kappa shape index (κ3) is 2.98. The highest BCUT2D eigenvalue weighted by atomic mass is 16.5. The van der Waals surface area contributed by atoms with Gasteiger partial charge in [-0.2, -0.15) is 0 Å². The molecule has 0 aromatic heterocycles. The molecule has 0 bridgehead atoms. The van der Waals surface area contributed by atoms with Crippen LogP contribution < -0.4 is 0 Å². The average molecular weight is 196 g/mol. The van der Waals surface area contributed by atoms with Crippen molar-refractivity contribution < 1.29 is 4.74 Å². The number of hydrogen-bond acceptors (Lipinski definition) is 2. The molecule has 0 spiro atoms. The molecule has 2 aliphatic rings.